The van der Waals surface area contributed by atoms with Crippen LogP contribution in [0.4, 0.5) is 20.7 Å². The highest BCUT2D eigenvalue weighted by Gasteiger charge is 2.34. The van der Waals surface area contributed by atoms with E-state index in [9.17, 15) is 4.79 Å². The lowest BCUT2D eigenvalue weighted by Gasteiger charge is -2.40. The van der Waals surface area contributed by atoms with Crippen molar-refractivity contribution in [3.8, 4) is 11.5 Å². The Morgan fingerprint density at radius 2 is 1.91 bits per heavy atom. The average molecular weight is 491 g/mol. The molecule has 1 saturated heterocycles. The summed E-state index contributed by atoms with van der Waals surface area (Å²) >= 11 is 0. The van der Waals surface area contributed by atoms with Gasteiger partial charge in [0.05, 0.1) is 16.8 Å². The lowest BCUT2D eigenvalue weighted by molar-refractivity contribution is 0.00820. The van der Waals surface area contributed by atoms with Gasteiger partial charge in [-0.15, -0.1) is 5.54 Å². The molecule has 35 heavy (non-hydrogen) atoms. The number of rotatable bonds is 3. The fourth-order valence-electron chi connectivity index (χ4n) is 3.70. The Hall–Kier alpha value is -3.44. The van der Waals surface area contributed by atoms with Gasteiger partial charge in [0.15, 0.2) is 5.82 Å². The van der Waals surface area contributed by atoms with Crippen LogP contribution in [0.2, 0.25) is 19.6 Å². The molecule has 1 aromatic heterocycles. The third-order valence-electron chi connectivity index (χ3n) is 5.49. The van der Waals surface area contributed by atoms with Gasteiger partial charge in [0.25, 0.3) is 0 Å². The number of likely N-dealkylation sites (tertiary alicyclic amines) is 1. The number of anilines is 2. The number of hydrogen-bond acceptors (Lipinski definition) is 5. The van der Waals surface area contributed by atoms with Gasteiger partial charge in [-0.2, -0.15) is 0 Å². The highest BCUT2D eigenvalue weighted by atomic mass is 28.3. The minimum absolute atomic E-state index is 0.192. The number of ether oxygens (including phenoxy) is 1. The van der Waals surface area contributed by atoms with Crippen LogP contribution in [0.25, 0.3) is 10.9 Å². The van der Waals surface area contributed by atoms with Crippen molar-refractivity contribution in [1.82, 2.24) is 14.9 Å². The third kappa shape index (κ3) is 5.98. The van der Waals surface area contributed by atoms with Crippen LogP contribution in [0.3, 0.4) is 0 Å². The van der Waals surface area contributed by atoms with Crippen LogP contribution in [0.5, 0.6) is 0 Å². The molecule has 1 N–H and O–H groups in total. The second kappa shape index (κ2) is 9.31. The molecule has 0 unspecified atom stereocenters. The minimum Gasteiger partial charge on any atom is -0.444 e. The Bertz CT molecular complexity index is 1330. The monoisotopic (exact) mass is 490 g/mol. The molecule has 3 aromatic rings. The van der Waals surface area contributed by atoms with Crippen molar-refractivity contribution >= 4 is 36.6 Å². The van der Waals surface area contributed by atoms with Crippen molar-refractivity contribution in [2.75, 3.05) is 18.4 Å². The first-order valence-electron chi connectivity index (χ1n) is 11.7. The molecule has 0 aliphatic carbocycles. The molecule has 6 nitrogen and oxygen atoms in total. The summed E-state index contributed by atoms with van der Waals surface area (Å²) in [6.07, 6.45) is 1.16. The number of halogens is 1. The van der Waals surface area contributed by atoms with Gasteiger partial charge in [0.1, 0.15) is 25.8 Å². The first kappa shape index (κ1) is 24.7. The summed E-state index contributed by atoms with van der Waals surface area (Å²) in [4.78, 5) is 22.7. The Balaban J connectivity index is 1.56. The molecular weight excluding hydrogens is 459 g/mol. The zero-order valence-corrected chi connectivity index (χ0v) is 22.1. The van der Waals surface area contributed by atoms with Gasteiger partial charge in [-0.25, -0.2) is 19.2 Å². The normalized spacial score (nSPS) is 14.2. The third-order valence-corrected chi connectivity index (χ3v) is 6.36. The molecule has 8 heteroatoms. The maximum Gasteiger partial charge on any atom is 0.410 e. The van der Waals surface area contributed by atoms with E-state index in [1.54, 1.807) is 23.1 Å². The van der Waals surface area contributed by atoms with Crippen LogP contribution in [0, 0.1) is 17.3 Å². The van der Waals surface area contributed by atoms with E-state index in [0.717, 1.165) is 16.5 Å². The van der Waals surface area contributed by atoms with Crippen molar-refractivity contribution in [1.29, 1.82) is 0 Å². The predicted molar refractivity (Wildman–Crippen MR) is 140 cm³/mol. The minimum atomic E-state index is -1.63. The smallest absolute Gasteiger partial charge is 0.410 e. The average Bonchev–Trinajstić information content (AvgIpc) is 2.71. The quantitative estimate of drug-likeness (QED) is 0.356. The van der Waals surface area contributed by atoms with Crippen LogP contribution in [-0.2, 0) is 4.74 Å². The standard InChI is InChI=1S/C27H31FN4O2Si/c1-27(2,3)34-26(33)32-15-20(16-32)19-10-11-22-21(14-19)25(30-17-29-22)31-23-9-7-8-18(24(23)28)12-13-35(4,5)6/h7-11,14,17,20H,15-16H2,1-6H3,(H,29,30,31). The summed E-state index contributed by atoms with van der Waals surface area (Å²) in [7, 11) is -1.63. The molecule has 2 heterocycles. The van der Waals surface area contributed by atoms with Crippen LogP contribution in [-0.4, -0.2) is 47.7 Å². The molecule has 1 fully saturated rings. The van der Waals surface area contributed by atoms with Crippen LogP contribution in [0.1, 0.15) is 37.8 Å². The first-order chi connectivity index (χ1) is 16.4. The molecule has 2 aromatic carbocycles. The molecule has 182 valence electrons. The first-order valence-corrected chi connectivity index (χ1v) is 15.2. The van der Waals surface area contributed by atoms with Gasteiger partial charge >= 0.3 is 6.09 Å². The maximum atomic E-state index is 15.2. The number of carbonyl (C=O) groups excluding carboxylic acids is 1. The molecule has 1 aliphatic heterocycles. The Kier molecular flexibility index (Phi) is 6.56. The number of aromatic nitrogens is 2. The molecule has 0 saturated carbocycles. The van der Waals surface area contributed by atoms with E-state index < -0.39 is 19.5 Å². The second-order valence-electron chi connectivity index (χ2n) is 10.9. The molecular formula is C27H31FN4O2Si. The van der Waals surface area contributed by atoms with E-state index >= 15 is 4.39 Å². The summed E-state index contributed by atoms with van der Waals surface area (Å²) in [5.41, 5.74) is 5.21. The second-order valence-corrected chi connectivity index (χ2v) is 15.6. The number of nitrogens with zero attached hydrogens (tertiary/aromatic N) is 3. The number of fused-ring (bicyclic) bond motifs is 1. The fraction of sp³-hybridized carbons (Fsp3) is 0.370. The van der Waals surface area contributed by atoms with Crippen molar-refractivity contribution in [2.24, 2.45) is 0 Å². The summed E-state index contributed by atoms with van der Waals surface area (Å²) in [5.74, 6) is 3.32. The largest absolute Gasteiger partial charge is 0.444 e. The van der Waals surface area contributed by atoms with E-state index in [1.165, 1.54) is 6.33 Å². The number of hydrogen-bond donors (Lipinski definition) is 1. The predicted octanol–water partition coefficient (Wildman–Crippen LogP) is 6.08. The van der Waals surface area contributed by atoms with Crippen molar-refractivity contribution < 1.29 is 13.9 Å². The summed E-state index contributed by atoms with van der Waals surface area (Å²) in [6.45, 7) is 13.1. The van der Waals surface area contributed by atoms with Gasteiger partial charge in [-0.05, 0) is 50.6 Å². The Morgan fingerprint density at radius 3 is 2.60 bits per heavy atom. The van der Waals surface area contributed by atoms with Crippen molar-refractivity contribution in [3.63, 3.8) is 0 Å². The number of benzene rings is 2. The highest BCUT2D eigenvalue weighted by Crippen LogP contribution is 2.32. The molecule has 4 rings (SSSR count). The maximum absolute atomic E-state index is 15.2. The number of amides is 1. The van der Waals surface area contributed by atoms with Gasteiger partial charge < -0.3 is 15.0 Å². The van der Waals surface area contributed by atoms with E-state index in [4.69, 9.17) is 4.74 Å². The molecule has 1 amide bonds. The van der Waals surface area contributed by atoms with Gasteiger partial charge in [-0.3, -0.25) is 0 Å². The molecule has 0 bridgehead atoms. The Labute approximate surface area is 206 Å². The molecule has 0 radical (unpaired) electrons. The highest BCUT2D eigenvalue weighted by molar-refractivity contribution is 6.83. The van der Waals surface area contributed by atoms with Crippen molar-refractivity contribution in [2.45, 2.75) is 51.9 Å². The van der Waals surface area contributed by atoms with E-state index in [-0.39, 0.29) is 12.0 Å². The lowest BCUT2D eigenvalue weighted by Crippen LogP contribution is -2.50. The topological polar surface area (TPSA) is 67.3 Å². The van der Waals surface area contributed by atoms with Gasteiger partial charge in [-0.1, -0.05) is 37.7 Å². The summed E-state index contributed by atoms with van der Waals surface area (Å²) in [6, 6.07) is 11.1. The van der Waals surface area contributed by atoms with Crippen LogP contribution in [0.15, 0.2) is 42.7 Å². The SMILES string of the molecule is CC(C)(C)OC(=O)N1CC(c2ccc3ncnc(Nc4cccc(C#C[Si](C)(C)C)c4F)c3c2)C1. The fourth-order valence-corrected chi connectivity index (χ4v) is 4.21. The molecule has 0 spiro atoms. The molecule has 0 atom stereocenters. The zero-order valence-electron chi connectivity index (χ0n) is 21.1. The van der Waals surface area contributed by atoms with Crippen LogP contribution >= 0.6 is 0 Å². The van der Waals surface area contributed by atoms with E-state index in [2.05, 4.69) is 46.4 Å². The summed E-state index contributed by atoms with van der Waals surface area (Å²) < 4.78 is 20.7. The van der Waals surface area contributed by atoms with Crippen molar-refractivity contribution in [3.05, 3.63) is 59.7 Å². The zero-order chi connectivity index (χ0) is 25.4. The number of carbonyl (C=O) groups is 1. The lowest BCUT2D eigenvalue weighted by atomic mass is 9.91. The van der Waals surface area contributed by atoms with Gasteiger partial charge in [0.2, 0.25) is 0 Å². The van der Waals surface area contributed by atoms with Gasteiger partial charge in [0, 0.05) is 24.4 Å². The Morgan fingerprint density at radius 1 is 1.17 bits per heavy atom. The molecule has 1 aliphatic rings. The van der Waals surface area contributed by atoms with E-state index in [0.29, 0.717) is 30.2 Å². The summed E-state index contributed by atoms with van der Waals surface area (Å²) in [5, 5.41) is 3.93. The van der Waals surface area contributed by atoms with E-state index in [1.807, 2.05) is 39.0 Å². The van der Waals surface area contributed by atoms with Crippen LogP contribution < -0.4 is 5.32 Å². The number of nitrogens with one attached hydrogen (secondary N) is 1.